The van der Waals surface area contributed by atoms with Crippen molar-refractivity contribution in [2.24, 2.45) is 0 Å². The van der Waals surface area contributed by atoms with Gasteiger partial charge in [0.15, 0.2) is 0 Å². The summed E-state index contributed by atoms with van der Waals surface area (Å²) >= 11 is 0. The smallest absolute Gasteiger partial charge is 0.344 e. The van der Waals surface area contributed by atoms with Gasteiger partial charge in [-0.25, -0.2) is 9.59 Å². The highest BCUT2D eigenvalue weighted by Crippen LogP contribution is 2.41. The van der Waals surface area contributed by atoms with Gasteiger partial charge >= 0.3 is 11.9 Å². The molecule has 134 valence electrons. The number of benzene rings is 2. The van der Waals surface area contributed by atoms with Gasteiger partial charge in [-0.05, 0) is 25.0 Å². The SMILES string of the molecule is Cc1ccc([C@](O)(C(=O)O)[C@@](O)(C(=O)O)c2ccc(C)cc2)cc1.O. The van der Waals surface area contributed by atoms with Gasteiger partial charge in [-0.15, -0.1) is 0 Å². The molecule has 0 aromatic heterocycles. The topological polar surface area (TPSA) is 147 Å². The van der Waals surface area contributed by atoms with E-state index < -0.39 is 23.1 Å². The van der Waals surface area contributed by atoms with Crippen LogP contribution in [0.15, 0.2) is 48.5 Å². The van der Waals surface area contributed by atoms with Crippen LogP contribution < -0.4 is 0 Å². The lowest BCUT2D eigenvalue weighted by Crippen LogP contribution is -2.59. The second-order valence-electron chi connectivity index (χ2n) is 5.76. The van der Waals surface area contributed by atoms with E-state index in [0.717, 1.165) is 11.1 Å². The van der Waals surface area contributed by atoms with Gasteiger partial charge in [0.25, 0.3) is 0 Å². The maximum atomic E-state index is 11.8. The third-order valence-electron chi connectivity index (χ3n) is 4.08. The summed E-state index contributed by atoms with van der Waals surface area (Å²) in [6, 6.07) is 11.2. The third kappa shape index (κ3) is 3.12. The maximum absolute atomic E-state index is 11.8. The first kappa shape index (κ1) is 20.3. The molecule has 0 amide bonds. The van der Waals surface area contributed by atoms with Crippen molar-refractivity contribution in [2.45, 2.75) is 25.0 Å². The predicted octanol–water partition coefficient (Wildman–Crippen LogP) is 0.723. The van der Waals surface area contributed by atoms with Gasteiger partial charge < -0.3 is 25.9 Å². The molecule has 2 aromatic carbocycles. The fourth-order valence-electron chi connectivity index (χ4n) is 2.56. The van der Waals surface area contributed by atoms with Crippen LogP contribution in [-0.4, -0.2) is 37.8 Å². The Bertz CT molecular complexity index is 700. The maximum Gasteiger partial charge on any atom is 0.344 e. The average molecular weight is 348 g/mol. The second-order valence-corrected chi connectivity index (χ2v) is 5.76. The molecule has 0 saturated carbocycles. The molecule has 2 atom stereocenters. The lowest BCUT2D eigenvalue weighted by Gasteiger charge is -2.37. The van der Waals surface area contributed by atoms with Crippen molar-refractivity contribution in [3.63, 3.8) is 0 Å². The fourth-order valence-corrected chi connectivity index (χ4v) is 2.56. The highest BCUT2D eigenvalue weighted by molar-refractivity contribution is 5.92. The van der Waals surface area contributed by atoms with Gasteiger partial charge in [-0.1, -0.05) is 59.7 Å². The molecule has 0 bridgehead atoms. The molecular formula is C18H20O7. The molecular weight excluding hydrogens is 328 g/mol. The molecule has 0 saturated heterocycles. The van der Waals surface area contributed by atoms with E-state index in [0.29, 0.717) is 0 Å². The van der Waals surface area contributed by atoms with E-state index >= 15 is 0 Å². The molecule has 25 heavy (non-hydrogen) atoms. The van der Waals surface area contributed by atoms with Gasteiger partial charge in [-0.2, -0.15) is 0 Å². The lowest BCUT2D eigenvalue weighted by atomic mass is 9.73. The van der Waals surface area contributed by atoms with Gasteiger partial charge in [0.1, 0.15) is 0 Å². The number of aliphatic carboxylic acids is 2. The highest BCUT2D eigenvalue weighted by atomic mass is 16.5. The van der Waals surface area contributed by atoms with E-state index in [1.54, 1.807) is 13.8 Å². The zero-order valence-electron chi connectivity index (χ0n) is 13.7. The van der Waals surface area contributed by atoms with Crippen molar-refractivity contribution in [3.05, 3.63) is 70.8 Å². The van der Waals surface area contributed by atoms with Crippen LogP contribution in [-0.2, 0) is 20.8 Å². The number of rotatable bonds is 5. The van der Waals surface area contributed by atoms with Gasteiger partial charge in [0.2, 0.25) is 11.2 Å². The van der Waals surface area contributed by atoms with E-state index in [1.165, 1.54) is 48.5 Å². The molecule has 0 fully saturated rings. The van der Waals surface area contributed by atoms with E-state index in [9.17, 15) is 30.0 Å². The van der Waals surface area contributed by atoms with Crippen molar-refractivity contribution in [1.29, 1.82) is 0 Å². The third-order valence-corrected chi connectivity index (χ3v) is 4.08. The largest absolute Gasteiger partial charge is 0.479 e. The zero-order valence-corrected chi connectivity index (χ0v) is 13.7. The minimum absolute atomic E-state index is 0. The summed E-state index contributed by atoms with van der Waals surface area (Å²) in [6.45, 7) is 3.51. The zero-order chi connectivity index (χ0) is 18.1. The summed E-state index contributed by atoms with van der Waals surface area (Å²) in [5, 5.41) is 40.8. The molecule has 0 heterocycles. The molecule has 0 radical (unpaired) electrons. The van der Waals surface area contributed by atoms with Crippen molar-refractivity contribution in [2.75, 3.05) is 0 Å². The summed E-state index contributed by atoms with van der Waals surface area (Å²) in [5.74, 6) is -3.73. The predicted molar refractivity (Wildman–Crippen MR) is 89.0 cm³/mol. The number of hydrogen-bond donors (Lipinski definition) is 4. The Hall–Kier alpha value is -2.74. The molecule has 0 spiro atoms. The number of carboxylic acids is 2. The summed E-state index contributed by atoms with van der Waals surface area (Å²) in [4.78, 5) is 23.6. The molecule has 6 N–H and O–H groups in total. The second kappa shape index (κ2) is 7.02. The molecule has 7 nitrogen and oxygen atoms in total. The number of aryl methyl sites for hydroxylation is 2. The first-order valence-corrected chi connectivity index (χ1v) is 7.20. The Morgan fingerprint density at radius 1 is 0.680 bits per heavy atom. The monoisotopic (exact) mass is 348 g/mol. The number of carboxylic acid groups (broad SMARTS) is 2. The van der Waals surface area contributed by atoms with Crippen molar-refractivity contribution >= 4 is 11.9 Å². The minimum atomic E-state index is -3.07. The summed E-state index contributed by atoms with van der Waals surface area (Å²) < 4.78 is 0. The number of carbonyl (C=O) groups is 2. The van der Waals surface area contributed by atoms with Crippen LogP contribution in [0.25, 0.3) is 0 Å². The first-order chi connectivity index (χ1) is 11.1. The number of hydrogen-bond acceptors (Lipinski definition) is 4. The standard InChI is InChI=1S/C18H18O6.H2O/c1-11-3-7-13(8-4-11)17(23,15(19)20)18(24,16(21)22)14-9-5-12(2)6-10-14;/h3-10,23-24H,1-2H3,(H,19,20)(H,21,22);1H2/t17-,18-;/m0./s1. The Labute approximate surface area is 144 Å². The first-order valence-electron chi connectivity index (χ1n) is 7.20. The minimum Gasteiger partial charge on any atom is -0.479 e. The quantitative estimate of drug-likeness (QED) is 0.626. The van der Waals surface area contributed by atoms with Crippen molar-refractivity contribution < 1.29 is 35.5 Å². The summed E-state index contributed by atoms with van der Waals surface area (Å²) in [6.07, 6.45) is 0. The lowest BCUT2D eigenvalue weighted by molar-refractivity contribution is -0.213. The van der Waals surface area contributed by atoms with Gasteiger partial charge in [-0.3, -0.25) is 0 Å². The van der Waals surface area contributed by atoms with Crippen LogP contribution in [0.3, 0.4) is 0 Å². The van der Waals surface area contributed by atoms with Crippen molar-refractivity contribution in [1.82, 2.24) is 0 Å². The Kier molecular flexibility index (Phi) is 5.70. The summed E-state index contributed by atoms with van der Waals surface area (Å²) in [7, 11) is 0. The van der Waals surface area contributed by atoms with E-state index in [-0.39, 0.29) is 16.6 Å². The molecule has 0 aliphatic heterocycles. The van der Waals surface area contributed by atoms with E-state index in [2.05, 4.69) is 0 Å². The number of aliphatic hydroxyl groups is 2. The normalized spacial score (nSPS) is 15.4. The summed E-state index contributed by atoms with van der Waals surface area (Å²) in [5.41, 5.74) is -5.01. The average Bonchev–Trinajstić information content (AvgIpc) is 2.54. The highest BCUT2D eigenvalue weighted by Gasteiger charge is 2.63. The van der Waals surface area contributed by atoms with Crippen LogP contribution in [0.2, 0.25) is 0 Å². The Morgan fingerprint density at radius 3 is 1.12 bits per heavy atom. The van der Waals surface area contributed by atoms with E-state index in [4.69, 9.17) is 0 Å². The molecule has 0 aliphatic carbocycles. The van der Waals surface area contributed by atoms with Crippen molar-refractivity contribution in [3.8, 4) is 0 Å². The van der Waals surface area contributed by atoms with Gasteiger partial charge in [0.05, 0.1) is 0 Å². The fraction of sp³-hybridized carbons (Fsp3) is 0.222. The van der Waals surface area contributed by atoms with Crippen LogP contribution in [0, 0.1) is 13.8 Å². The van der Waals surface area contributed by atoms with E-state index in [1.807, 2.05) is 0 Å². The van der Waals surface area contributed by atoms with Crippen LogP contribution in [0.4, 0.5) is 0 Å². The molecule has 2 aromatic rings. The molecule has 0 unspecified atom stereocenters. The molecule has 0 aliphatic rings. The van der Waals surface area contributed by atoms with Crippen LogP contribution in [0.1, 0.15) is 22.3 Å². The molecule has 7 heteroatoms. The van der Waals surface area contributed by atoms with Crippen LogP contribution in [0.5, 0.6) is 0 Å². The molecule has 2 rings (SSSR count). The van der Waals surface area contributed by atoms with Gasteiger partial charge in [0, 0.05) is 0 Å². The Balaban J connectivity index is 0.00000312. The Morgan fingerprint density at radius 2 is 0.920 bits per heavy atom. The van der Waals surface area contributed by atoms with Crippen LogP contribution >= 0.6 is 0 Å².